The van der Waals surface area contributed by atoms with Gasteiger partial charge in [-0.2, -0.15) is 0 Å². The summed E-state index contributed by atoms with van der Waals surface area (Å²) in [7, 11) is 4.30. The average Bonchev–Trinajstić information content (AvgIpc) is 2.64. The molecule has 3 unspecified atom stereocenters. The van der Waals surface area contributed by atoms with Crippen molar-refractivity contribution in [1.82, 2.24) is 10.2 Å². The summed E-state index contributed by atoms with van der Waals surface area (Å²) in [6, 6.07) is 0. The molecule has 0 radical (unpaired) electrons. The number of nitrogens with zero attached hydrogens (tertiary/aromatic N) is 1. The number of fused-ring (bicyclic) bond motifs is 1. The Morgan fingerprint density at radius 1 is 1.45 bits per heavy atom. The molecule has 0 aromatic rings. The molecule has 0 bridgehead atoms. The zero-order chi connectivity index (χ0) is 7.84. The number of hydrogen-bond acceptors (Lipinski definition) is 2. The van der Waals surface area contributed by atoms with Crippen LogP contribution in [0.15, 0.2) is 0 Å². The number of nitrogens with one attached hydrogen (secondary N) is 1. The smallest absolute Gasteiger partial charge is 0.00126 e. The normalized spacial score (nSPS) is 43.6. The highest BCUT2D eigenvalue weighted by atomic mass is 15.1. The second-order valence-electron chi connectivity index (χ2n) is 4.10. The van der Waals surface area contributed by atoms with Crippen LogP contribution in [0.1, 0.15) is 6.42 Å². The third-order valence-electron chi connectivity index (χ3n) is 3.32. The van der Waals surface area contributed by atoms with E-state index in [1.165, 1.54) is 26.1 Å². The standard InChI is InChI=1S/C9H18N2/c1-10-5-8-7-3-4-11(2)6-9(7)8/h7-10H,3-6H2,1-2H3. The second-order valence-corrected chi connectivity index (χ2v) is 4.10. The van der Waals surface area contributed by atoms with Crippen molar-refractivity contribution < 1.29 is 0 Å². The van der Waals surface area contributed by atoms with Gasteiger partial charge in [0.2, 0.25) is 0 Å². The molecule has 2 nitrogen and oxygen atoms in total. The topological polar surface area (TPSA) is 15.3 Å². The van der Waals surface area contributed by atoms with E-state index < -0.39 is 0 Å². The monoisotopic (exact) mass is 154 g/mol. The third-order valence-corrected chi connectivity index (χ3v) is 3.32. The van der Waals surface area contributed by atoms with Crippen LogP contribution in [-0.4, -0.2) is 38.6 Å². The lowest BCUT2D eigenvalue weighted by Crippen LogP contribution is -2.27. The Morgan fingerprint density at radius 3 is 2.91 bits per heavy atom. The molecule has 1 N–H and O–H groups in total. The summed E-state index contributed by atoms with van der Waals surface area (Å²) in [6.07, 6.45) is 1.44. The maximum Gasteiger partial charge on any atom is 0.00126 e. The van der Waals surface area contributed by atoms with E-state index in [2.05, 4.69) is 24.3 Å². The van der Waals surface area contributed by atoms with Gasteiger partial charge < -0.3 is 10.2 Å². The van der Waals surface area contributed by atoms with E-state index in [4.69, 9.17) is 0 Å². The van der Waals surface area contributed by atoms with Gasteiger partial charge in [0.1, 0.15) is 0 Å². The summed E-state index contributed by atoms with van der Waals surface area (Å²) in [4.78, 5) is 2.47. The molecule has 0 amide bonds. The minimum Gasteiger partial charge on any atom is -0.319 e. The average molecular weight is 154 g/mol. The summed E-state index contributed by atoms with van der Waals surface area (Å²) in [6.45, 7) is 3.90. The van der Waals surface area contributed by atoms with Crippen molar-refractivity contribution in [2.24, 2.45) is 17.8 Å². The van der Waals surface area contributed by atoms with Gasteiger partial charge in [0.15, 0.2) is 0 Å². The fourth-order valence-corrected chi connectivity index (χ4v) is 2.58. The summed E-state index contributed by atoms with van der Waals surface area (Å²) in [5, 5.41) is 3.28. The number of rotatable bonds is 2. The van der Waals surface area contributed by atoms with E-state index in [9.17, 15) is 0 Å². The van der Waals surface area contributed by atoms with E-state index in [0.29, 0.717) is 0 Å². The minimum atomic E-state index is 1.00. The van der Waals surface area contributed by atoms with Crippen molar-refractivity contribution in [2.75, 3.05) is 33.7 Å². The summed E-state index contributed by atoms with van der Waals surface area (Å²) >= 11 is 0. The third kappa shape index (κ3) is 1.30. The first kappa shape index (κ1) is 7.56. The zero-order valence-electron chi connectivity index (χ0n) is 7.51. The summed E-state index contributed by atoms with van der Waals surface area (Å²) in [5.74, 6) is 3.10. The molecule has 1 aliphatic carbocycles. The maximum absolute atomic E-state index is 3.28. The van der Waals surface area contributed by atoms with E-state index in [-0.39, 0.29) is 0 Å². The number of likely N-dealkylation sites (tertiary alicyclic amines) is 1. The van der Waals surface area contributed by atoms with Crippen molar-refractivity contribution in [2.45, 2.75) is 6.42 Å². The highest BCUT2D eigenvalue weighted by Gasteiger charge is 2.50. The SMILES string of the molecule is CNCC1C2CCN(C)CC21. The minimum absolute atomic E-state index is 1.00. The lowest BCUT2D eigenvalue weighted by Gasteiger charge is -2.20. The van der Waals surface area contributed by atoms with Gasteiger partial charge >= 0.3 is 0 Å². The second kappa shape index (κ2) is 2.76. The van der Waals surface area contributed by atoms with Crippen molar-refractivity contribution in [3.05, 3.63) is 0 Å². The zero-order valence-corrected chi connectivity index (χ0v) is 7.51. The van der Waals surface area contributed by atoms with Crippen LogP contribution in [0, 0.1) is 17.8 Å². The molecule has 64 valence electrons. The van der Waals surface area contributed by atoms with Crippen molar-refractivity contribution in [3.63, 3.8) is 0 Å². The van der Waals surface area contributed by atoms with E-state index >= 15 is 0 Å². The molecule has 1 heterocycles. The van der Waals surface area contributed by atoms with Crippen molar-refractivity contribution in [1.29, 1.82) is 0 Å². The van der Waals surface area contributed by atoms with Gasteiger partial charge in [0, 0.05) is 6.54 Å². The van der Waals surface area contributed by atoms with Gasteiger partial charge in [-0.1, -0.05) is 0 Å². The first-order valence-corrected chi connectivity index (χ1v) is 4.66. The molecule has 0 spiro atoms. The van der Waals surface area contributed by atoms with E-state index in [1.807, 2.05) is 0 Å². The van der Waals surface area contributed by atoms with Crippen LogP contribution in [0.3, 0.4) is 0 Å². The Bertz CT molecular complexity index is 142. The fraction of sp³-hybridized carbons (Fsp3) is 1.00. The quantitative estimate of drug-likeness (QED) is 0.619. The Kier molecular flexibility index (Phi) is 1.90. The predicted molar refractivity (Wildman–Crippen MR) is 46.5 cm³/mol. The van der Waals surface area contributed by atoms with Gasteiger partial charge in [-0.05, 0) is 51.4 Å². The van der Waals surface area contributed by atoms with Gasteiger partial charge in [-0.3, -0.25) is 0 Å². The molecule has 0 aromatic carbocycles. The predicted octanol–water partition coefficient (Wildman–Crippen LogP) is 0.403. The van der Waals surface area contributed by atoms with Crippen LogP contribution in [0.25, 0.3) is 0 Å². The lowest BCUT2D eigenvalue weighted by molar-refractivity contribution is 0.265. The summed E-state index contributed by atoms with van der Waals surface area (Å²) in [5.41, 5.74) is 0. The van der Waals surface area contributed by atoms with E-state index in [1.54, 1.807) is 0 Å². The fourth-order valence-electron chi connectivity index (χ4n) is 2.58. The first-order chi connectivity index (χ1) is 5.33. The van der Waals surface area contributed by atoms with Crippen LogP contribution in [-0.2, 0) is 0 Å². The molecule has 2 rings (SSSR count). The molecule has 2 aliphatic rings. The molecular weight excluding hydrogens is 136 g/mol. The molecule has 0 aromatic heterocycles. The van der Waals surface area contributed by atoms with Crippen LogP contribution in [0.5, 0.6) is 0 Å². The van der Waals surface area contributed by atoms with Gasteiger partial charge in [0.05, 0.1) is 0 Å². The maximum atomic E-state index is 3.28. The Labute approximate surface area is 69.0 Å². The van der Waals surface area contributed by atoms with Crippen LogP contribution in [0.2, 0.25) is 0 Å². The van der Waals surface area contributed by atoms with Crippen molar-refractivity contribution in [3.8, 4) is 0 Å². The van der Waals surface area contributed by atoms with E-state index in [0.717, 1.165) is 17.8 Å². The Morgan fingerprint density at radius 2 is 2.27 bits per heavy atom. The summed E-state index contributed by atoms with van der Waals surface area (Å²) < 4.78 is 0. The molecule has 2 heteroatoms. The molecule has 3 atom stereocenters. The molecule has 2 fully saturated rings. The molecule has 1 saturated heterocycles. The van der Waals surface area contributed by atoms with Crippen LogP contribution >= 0.6 is 0 Å². The van der Waals surface area contributed by atoms with Crippen LogP contribution in [0.4, 0.5) is 0 Å². The molecular formula is C9H18N2. The largest absolute Gasteiger partial charge is 0.319 e. The van der Waals surface area contributed by atoms with Gasteiger partial charge in [-0.15, -0.1) is 0 Å². The van der Waals surface area contributed by atoms with Crippen LogP contribution < -0.4 is 5.32 Å². The van der Waals surface area contributed by atoms with Gasteiger partial charge in [0.25, 0.3) is 0 Å². The number of hydrogen-bond donors (Lipinski definition) is 1. The molecule has 1 saturated carbocycles. The molecule has 11 heavy (non-hydrogen) atoms. The van der Waals surface area contributed by atoms with Crippen molar-refractivity contribution >= 4 is 0 Å². The highest BCUT2D eigenvalue weighted by Crippen LogP contribution is 2.50. The Balaban J connectivity index is 1.83. The highest BCUT2D eigenvalue weighted by molar-refractivity contribution is 5.01. The Hall–Kier alpha value is -0.0800. The van der Waals surface area contributed by atoms with Gasteiger partial charge in [-0.25, -0.2) is 0 Å². The first-order valence-electron chi connectivity index (χ1n) is 4.66. The lowest BCUT2D eigenvalue weighted by atomic mass is 10.1. The molecule has 1 aliphatic heterocycles. The number of piperidine rings is 1.